The van der Waals surface area contributed by atoms with Crippen molar-refractivity contribution in [3.8, 4) is 11.1 Å². The lowest BCUT2D eigenvalue weighted by Crippen LogP contribution is -2.06. The van der Waals surface area contributed by atoms with E-state index in [1.807, 2.05) is 50.2 Å². The summed E-state index contributed by atoms with van der Waals surface area (Å²) in [5.41, 5.74) is 11.4. The van der Waals surface area contributed by atoms with Gasteiger partial charge in [0.15, 0.2) is 0 Å². The van der Waals surface area contributed by atoms with Gasteiger partial charge < -0.3 is 10.8 Å². The van der Waals surface area contributed by atoms with E-state index in [-0.39, 0.29) is 6.42 Å². The fourth-order valence-corrected chi connectivity index (χ4v) is 2.32. The minimum absolute atomic E-state index is 0.0134. The largest absolute Gasteiger partial charge is 0.481 e. The maximum Gasteiger partial charge on any atom is 0.307 e. The van der Waals surface area contributed by atoms with Crippen LogP contribution < -0.4 is 5.73 Å². The van der Waals surface area contributed by atoms with E-state index in [1.165, 1.54) is 0 Å². The first-order chi connectivity index (χ1) is 9.00. The van der Waals surface area contributed by atoms with Gasteiger partial charge in [0.1, 0.15) is 0 Å². The highest BCUT2D eigenvalue weighted by Gasteiger charge is 2.15. The molecular weight excluding hydrogens is 238 g/mol. The predicted octanol–water partition coefficient (Wildman–Crippen LogP) is 3.18. The van der Waals surface area contributed by atoms with Gasteiger partial charge in [-0.1, -0.05) is 30.3 Å². The third-order valence-electron chi connectivity index (χ3n) is 3.32. The molecule has 0 unspecified atom stereocenters. The Labute approximate surface area is 112 Å². The number of aliphatic carboxylic acids is 1. The minimum atomic E-state index is -0.844. The lowest BCUT2D eigenvalue weighted by Gasteiger charge is -2.16. The molecule has 0 bridgehead atoms. The average molecular weight is 255 g/mol. The van der Waals surface area contributed by atoms with E-state index in [2.05, 4.69) is 0 Å². The van der Waals surface area contributed by atoms with Gasteiger partial charge in [0, 0.05) is 11.3 Å². The van der Waals surface area contributed by atoms with E-state index >= 15 is 0 Å². The van der Waals surface area contributed by atoms with Crippen LogP contribution in [0.3, 0.4) is 0 Å². The Morgan fingerprint density at radius 1 is 1.11 bits per heavy atom. The summed E-state index contributed by atoms with van der Waals surface area (Å²) in [6.45, 7) is 3.92. The van der Waals surface area contributed by atoms with Crippen LogP contribution in [0.4, 0.5) is 5.69 Å². The summed E-state index contributed by atoms with van der Waals surface area (Å²) in [6, 6.07) is 11.6. The van der Waals surface area contributed by atoms with Crippen LogP contribution in [0.25, 0.3) is 11.1 Å². The number of carboxylic acid groups (broad SMARTS) is 1. The molecule has 19 heavy (non-hydrogen) atoms. The lowest BCUT2D eigenvalue weighted by molar-refractivity contribution is -0.136. The SMILES string of the molecule is Cc1ccccc1-c1c(N)ccc(C)c1CC(=O)O. The van der Waals surface area contributed by atoms with Crippen LogP contribution in [0.1, 0.15) is 16.7 Å². The first kappa shape index (κ1) is 13.1. The topological polar surface area (TPSA) is 63.3 Å². The van der Waals surface area contributed by atoms with E-state index in [1.54, 1.807) is 0 Å². The minimum Gasteiger partial charge on any atom is -0.481 e. The number of rotatable bonds is 3. The summed E-state index contributed by atoms with van der Waals surface area (Å²) in [4.78, 5) is 11.1. The van der Waals surface area contributed by atoms with Crippen LogP contribution in [-0.4, -0.2) is 11.1 Å². The number of carbonyl (C=O) groups is 1. The Hall–Kier alpha value is -2.29. The Kier molecular flexibility index (Phi) is 3.56. The van der Waals surface area contributed by atoms with Crippen molar-refractivity contribution in [1.82, 2.24) is 0 Å². The Bertz CT molecular complexity index is 633. The van der Waals surface area contributed by atoms with E-state index < -0.39 is 5.97 Å². The van der Waals surface area contributed by atoms with E-state index in [9.17, 15) is 4.79 Å². The van der Waals surface area contributed by atoms with Gasteiger partial charge in [-0.25, -0.2) is 0 Å². The molecule has 3 nitrogen and oxygen atoms in total. The van der Waals surface area contributed by atoms with E-state index in [0.29, 0.717) is 5.69 Å². The predicted molar refractivity (Wildman–Crippen MR) is 77.1 cm³/mol. The number of nitrogen functional groups attached to an aromatic ring is 1. The molecular formula is C16H17NO2. The van der Waals surface area contributed by atoms with Gasteiger partial charge in [0.2, 0.25) is 0 Å². The van der Waals surface area contributed by atoms with Gasteiger partial charge in [0.05, 0.1) is 6.42 Å². The molecule has 0 aliphatic heterocycles. The highest BCUT2D eigenvalue weighted by Crippen LogP contribution is 2.34. The fourth-order valence-electron chi connectivity index (χ4n) is 2.32. The Morgan fingerprint density at radius 3 is 2.42 bits per heavy atom. The van der Waals surface area contributed by atoms with Crippen molar-refractivity contribution in [2.45, 2.75) is 20.3 Å². The molecule has 98 valence electrons. The van der Waals surface area contributed by atoms with Crippen LogP contribution in [0.15, 0.2) is 36.4 Å². The van der Waals surface area contributed by atoms with Crippen LogP contribution >= 0.6 is 0 Å². The lowest BCUT2D eigenvalue weighted by atomic mass is 9.90. The standard InChI is InChI=1S/C16H17NO2/c1-10-5-3-4-6-12(10)16-13(9-15(18)19)11(2)7-8-14(16)17/h3-8H,9,17H2,1-2H3,(H,18,19). The fraction of sp³-hybridized carbons (Fsp3) is 0.188. The second-order valence-corrected chi connectivity index (χ2v) is 4.71. The van der Waals surface area contributed by atoms with Crippen LogP contribution in [0.5, 0.6) is 0 Å². The number of anilines is 1. The number of aryl methyl sites for hydroxylation is 2. The molecule has 2 rings (SSSR count). The second kappa shape index (κ2) is 5.14. The monoisotopic (exact) mass is 255 g/mol. The molecule has 0 aliphatic carbocycles. The molecule has 3 heteroatoms. The number of carboxylic acids is 1. The first-order valence-electron chi connectivity index (χ1n) is 6.16. The molecule has 0 amide bonds. The summed E-state index contributed by atoms with van der Waals surface area (Å²) in [5, 5.41) is 9.08. The molecule has 0 aromatic heterocycles. The van der Waals surface area contributed by atoms with Crippen molar-refractivity contribution in [3.63, 3.8) is 0 Å². The summed E-state index contributed by atoms with van der Waals surface area (Å²) in [7, 11) is 0. The summed E-state index contributed by atoms with van der Waals surface area (Å²) in [5.74, 6) is -0.844. The van der Waals surface area contributed by atoms with Crippen molar-refractivity contribution >= 4 is 11.7 Å². The first-order valence-corrected chi connectivity index (χ1v) is 6.16. The van der Waals surface area contributed by atoms with E-state index in [4.69, 9.17) is 10.8 Å². The highest BCUT2D eigenvalue weighted by molar-refractivity contribution is 5.85. The third kappa shape index (κ3) is 2.60. The molecule has 0 aliphatic rings. The van der Waals surface area contributed by atoms with Gasteiger partial charge in [-0.3, -0.25) is 4.79 Å². The average Bonchev–Trinajstić information content (AvgIpc) is 2.35. The molecule has 2 aromatic carbocycles. The van der Waals surface area contributed by atoms with Crippen LogP contribution in [0.2, 0.25) is 0 Å². The molecule has 0 saturated carbocycles. The van der Waals surface area contributed by atoms with Gasteiger partial charge >= 0.3 is 5.97 Å². The smallest absolute Gasteiger partial charge is 0.307 e. The molecule has 2 aromatic rings. The normalized spacial score (nSPS) is 10.4. The van der Waals surface area contributed by atoms with Gasteiger partial charge in [-0.2, -0.15) is 0 Å². The summed E-state index contributed by atoms with van der Waals surface area (Å²) < 4.78 is 0. The second-order valence-electron chi connectivity index (χ2n) is 4.71. The molecule has 3 N–H and O–H groups in total. The molecule has 0 atom stereocenters. The van der Waals surface area contributed by atoms with Gasteiger partial charge in [-0.05, 0) is 42.2 Å². The Morgan fingerprint density at radius 2 is 1.79 bits per heavy atom. The van der Waals surface area contributed by atoms with E-state index in [0.717, 1.165) is 27.8 Å². The maximum absolute atomic E-state index is 11.1. The number of benzene rings is 2. The summed E-state index contributed by atoms with van der Waals surface area (Å²) >= 11 is 0. The zero-order chi connectivity index (χ0) is 14.0. The molecule has 0 heterocycles. The Balaban J connectivity index is 2.71. The molecule has 0 spiro atoms. The summed E-state index contributed by atoms with van der Waals surface area (Å²) in [6.07, 6.45) is -0.0134. The van der Waals surface area contributed by atoms with Crippen molar-refractivity contribution in [2.24, 2.45) is 0 Å². The molecule has 0 radical (unpaired) electrons. The quantitative estimate of drug-likeness (QED) is 0.828. The highest BCUT2D eigenvalue weighted by atomic mass is 16.4. The maximum atomic E-state index is 11.1. The zero-order valence-electron chi connectivity index (χ0n) is 11.1. The van der Waals surface area contributed by atoms with Crippen molar-refractivity contribution in [3.05, 3.63) is 53.1 Å². The third-order valence-corrected chi connectivity index (χ3v) is 3.32. The molecule has 0 fully saturated rings. The van der Waals surface area contributed by atoms with Crippen molar-refractivity contribution in [1.29, 1.82) is 0 Å². The number of nitrogens with two attached hydrogens (primary N) is 1. The van der Waals surface area contributed by atoms with Crippen LogP contribution in [-0.2, 0) is 11.2 Å². The number of hydrogen-bond donors (Lipinski definition) is 2. The van der Waals surface area contributed by atoms with Gasteiger partial charge in [-0.15, -0.1) is 0 Å². The van der Waals surface area contributed by atoms with Crippen molar-refractivity contribution in [2.75, 3.05) is 5.73 Å². The number of hydrogen-bond acceptors (Lipinski definition) is 2. The van der Waals surface area contributed by atoms with Crippen molar-refractivity contribution < 1.29 is 9.90 Å². The zero-order valence-corrected chi connectivity index (χ0v) is 11.1. The molecule has 0 saturated heterocycles. The van der Waals surface area contributed by atoms with Crippen LogP contribution in [0, 0.1) is 13.8 Å². The van der Waals surface area contributed by atoms with Gasteiger partial charge in [0.25, 0.3) is 0 Å².